The number of amides is 1. The summed E-state index contributed by atoms with van der Waals surface area (Å²) in [7, 11) is 1.57. The Kier molecular flexibility index (Phi) is 4.02. The van der Waals surface area contributed by atoms with Crippen LogP contribution in [0, 0.1) is 0 Å². The number of methoxy groups -OCH3 is 1. The van der Waals surface area contributed by atoms with Gasteiger partial charge in [0.15, 0.2) is 17.1 Å². The molecule has 5 rings (SSSR count). The third kappa shape index (κ3) is 3.00. The molecule has 2 heterocycles. The molecule has 0 spiro atoms. The van der Waals surface area contributed by atoms with Crippen molar-refractivity contribution in [3.63, 3.8) is 0 Å². The SMILES string of the molecule is COc1cccc2cc(C(=O)Nc3ccccc3-c3nc4ccccc4[nH]3)oc12. The first kappa shape index (κ1) is 17.1. The standard InChI is InChI=1S/C23H17N3O3/c1-28-19-12-6-7-14-13-20(29-21(14)19)23(27)26-16-9-3-2-8-15(16)22-24-17-10-4-5-11-18(17)25-22/h2-13H,1H3,(H,24,25)(H,26,27). The van der Waals surface area contributed by atoms with Gasteiger partial charge in [0.25, 0.3) is 5.91 Å². The number of ether oxygens (including phenoxy) is 1. The van der Waals surface area contributed by atoms with Gasteiger partial charge in [-0.1, -0.05) is 36.4 Å². The second-order valence-electron chi connectivity index (χ2n) is 6.59. The van der Waals surface area contributed by atoms with E-state index in [4.69, 9.17) is 9.15 Å². The van der Waals surface area contributed by atoms with Crippen molar-refractivity contribution in [2.45, 2.75) is 0 Å². The molecule has 0 radical (unpaired) electrons. The van der Waals surface area contributed by atoms with Crippen LogP contribution in [-0.4, -0.2) is 23.0 Å². The normalized spacial score (nSPS) is 11.1. The fourth-order valence-electron chi connectivity index (χ4n) is 3.37. The van der Waals surface area contributed by atoms with Gasteiger partial charge >= 0.3 is 0 Å². The van der Waals surface area contributed by atoms with Crippen LogP contribution in [0.1, 0.15) is 10.6 Å². The molecule has 6 nitrogen and oxygen atoms in total. The predicted molar refractivity (Wildman–Crippen MR) is 112 cm³/mol. The Bertz CT molecular complexity index is 1320. The smallest absolute Gasteiger partial charge is 0.291 e. The number of carbonyl (C=O) groups is 1. The molecule has 0 aliphatic heterocycles. The van der Waals surface area contributed by atoms with E-state index in [1.807, 2.05) is 60.7 Å². The zero-order valence-electron chi connectivity index (χ0n) is 15.6. The summed E-state index contributed by atoms with van der Waals surface area (Å²) in [5, 5.41) is 3.74. The summed E-state index contributed by atoms with van der Waals surface area (Å²) < 4.78 is 11.1. The first-order valence-electron chi connectivity index (χ1n) is 9.15. The fraction of sp³-hybridized carbons (Fsp3) is 0.0435. The summed E-state index contributed by atoms with van der Waals surface area (Å²) in [6.45, 7) is 0. The molecule has 2 N–H and O–H groups in total. The number of imidazole rings is 1. The summed E-state index contributed by atoms with van der Waals surface area (Å²) in [5.41, 5.74) is 3.79. The lowest BCUT2D eigenvalue weighted by molar-refractivity contribution is 0.0998. The number of fused-ring (bicyclic) bond motifs is 2. The van der Waals surface area contributed by atoms with Crippen LogP contribution in [-0.2, 0) is 0 Å². The van der Waals surface area contributed by atoms with Gasteiger partial charge in [0.05, 0.1) is 23.8 Å². The Morgan fingerprint density at radius 3 is 2.72 bits per heavy atom. The molecule has 1 amide bonds. The first-order valence-corrected chi connectivity index (χ1v) is 9.15. The molecule has 3 aromatic carbocycles. The highest BCUT2D eigenvalue weighted by Crippen LogP contribution is 2.31. The summed E-state index contributed by atoms with van der Waals surface area (Å²) >= 11 is 0. The topological polar surface area (TPSA) is 80.1 Å². The molecule has 5 aromatic rings. The quantitative estimate of drug-likeness (QED) is 0.445. The monoisotopic (exact) mass is 383 g/mol. The number of nitrogens with one attached hydrogen (secondary N) is 2. The molecular weight excluding hydrogens is 366 g/mol. The van der Waals surface area contributed by atoms with Crippen LogP contribution in [0.15, 0.2) is 77.2 Å². The summed E-state index contributed by atoms with van der Waals surface area (Å²) in [6, 6.07) is 22.6. The molecule has 0 aliphatic rings. The average Bonchev–Trinajstić information content (AvgIpc) is 3.38. The van der Waals surface area contributed by atoms with Gasteiger partial charge in [0, 0.05) is 10.9 Å². The van der Waals surface area contributed by atoms with Gasteiger partial charge in [-0.3, -0.25) is 4.79 Å². The number of aromatic nitrogens is 2. The number of anilines is 1. The number of nitrogens with zero attached hydrogens (tertiary/aromatic N) is 1. The first-order chi connectivity index (χ1) is 14.2. The van der Waals surface area contributed by atoms with Gasteiger partial charge in [-0.25, -0.2) is 4.98 Å². The third-order valence-electron chi connectivity index (χ3n) is 4.77. The fourth-order valence-corrected chi connectivity index (χ4v) is 3.37. The summed E-state index contributed by atoms with van der Waals surface area (Å²) in [6.07, 6.45) is 0. The number of H-pyrrole nitrogens is 1. The van der Waals surface area contributed by atoms with Crippen molar-refractivity contribution in [2.75, 3.05) is 12.4 Å². The lowest BCUT2D eigenvalue weighted by Gasteiger charge is -2.08. The van der Waals surface area contributed by atoms with E-state index in [1.54, 1.807) is 19.2 Å². The Labute approximate surface area is 166 Å². The highest BCUT2D eigenvalue weighted by molar-refractivity contribution is 6.06. The largest absolute Gasteiger partial charge is 0.493 e. The van der Waals surface area contributed by atoms with Gasteiger partial charge in [-0.05, 0) is 36.4 Å². The molecule has 0 saturated carbocycles. The lowest BCUT2D eigenvalue weighted by Crippen LogP contribution is -2.11. The van der Waals surface area contributed by atoms with E-state index in [0.717, 1.165) is 22.0 Å². The Balaban J connectivity index is 1.50. The Morgan fingerprint density at radius 1 is 1.03 bits per heavy atom. The minimum atomic E-state index is -0.341. The van der Waals surface area contributed by atoms with Crippen LogP contribution >= 0.6 is 0 Å². The Hall–Kier alpha value is -4.06. The van der Waals surface area contributed by atoms with Gasteiger partial charge < -0.3 is 19.5 Å². The zero-order valence-corrected chi connectivity index (χ0v) is 15.6. The highest BCUT2D eigenvalue weighted by Gasteiger charge is 2.17. The third-order valence-corrected chi connectivity index (χ3v) is 4.77. The van der Waals surface area contributed by atoms with Gasteiger partial charge in [-0.2, -0.15) is 0 Å². The molecule has 142 valence electrons. The van der Waals surface area contributed by atoms with E-state index in [0.29, 0.717) is 22.8 Å². The molecule has 0 bridgehead atoms. The number of benzene rings is 3. The molecule has 0 aliphatic carbocycles. The highest BCUT2D eigenvalue weighted by atomic mass is 16.5. The van der Waals surface area contributed by atoms with Crippen molar-refractivity contribution < 1.29 is 13.9 Å². The molecule has 2 aromatic heterocycles. The lowest BCUT2D eigenvalue weighted by atomic mass is 10.1. The van der Waals surface area contributed by atoms with Crippen molar-refractivity contribution in [2.24, 2.45) is 0 Å². The number of hydrogen-bond donors (Lipinski definition) is 2. The van der Waals surface area contributed by atoms with E-state index < -0.39 is 0 Å². The van der Waals surface area contributed by atoms with E-state index in [-0.39, 0.29) is 11.7 Å². The maximum absolute atomic E-state index is 12.9. The van der Waals surface area contributed by atoms with E-state index in [9.17, 15) is 4.79 Å². The molecule has 0 unspecified atom stereocenters. The molecule has 0 saturated heterocycles. The number of para-hydroxylation sites is 4. The number of hydrogen-bond acceptors (Lipinski definition) is 4. The maximum Gasteiger partial charge on any atom is 0.291 e. The minimum Gasteiger partial charge on any atom is -0.493 e. The van der Waals surface area contributed by atoms with Crippen molar-refractivity contribution in [3.05, 3.63) is 78.6 Å². The van der Waals surface area contributed by atoms with Crippen LogP contribution < -0.4 is 10.1 Å². The van der Waals surface area contributed by atoms with Gasteiger partial charge in [0.1, 0.15) is 5.82 Å². The van der Waals surface area contributed by atoms with E-state index in [1.165, 1.54) is 0 Å². The zero-order chi connectivity index (χ0) is 19.8. The number of furan rings is 1. The molecule has 0 fully saturated rings. The second kappa shape index (κ2) is 6.83. The van der Waals surface area contributed by atoms with Crippen LogP contribution in [0.5, 0.6) is 5.75 Å². The summed E-state index contributed by atoms with van der Waals surface area (Å²) in [5.74, 6) is 1.15. The summed E-state index contributed by atoms with van der Waals surface area (Å²) in [4.78, 5) is 20.8. The van der Waals surface area contributed by atoms with E-state index >= 15 is 0 Å². The van der Waals surface area contributed by atoms with Crippen molar-refractivity contribution in [3.8, 4) is 17.1 Å². The maximum atomic E-state index is 12.9. The molecule has 29 heavy (non-hydrogen) atoms. The van der Waals surface area contributed by atoms with Crippen LogP contribution in [0.2, 0.25) is 0 Å². The minimum absolute atomic E-state index is 0.212. The van der Waals surface area contributed by atoms with Crippen molar-refractivity contribution >= 4 is 33.6 Å². The molecule has 0 atom stereocenters. The van der Waals surface area contributed by atoms with E-state index in [2.05, 4.69) is 15.3 Å². The molecular formula is C23H17N3O3. The van der Waals surface area contributed by atoms with Gasteiger partial charge in [0.2, 0.25) is 0 Å². The van der Waals surface area contributed by atoms with Crippen LogP contribution in [0.3, 0.4) is 0 Å². The van der Waals surface area contributed by atoms with Crippen LogP contribution in [0.25, 0.3) is 33.4 Å². The van der Waals surface area contributed by atoms with Crippen molar-refractivity contribution in [1.29, 1.82) is 0 Å². The Morgan fingerprint density at radius 2 is 1.86 bits per heavy atom. The second-order valence-corrected chi connectivity index (χ2v) is 6.59. The van der Waals surface area contributed by atoms with Crippen LogP contribution in [0.4, 0.5) is 5.69 Å². The number of rotatable bonds is 4. The number of carbonyl (C=O) groups excluding carboxylic acids is 1. The number of aromatic amines is 1. The van der Waals surface area contributed by atoms with Crippen molar-refractivity contribution in [1.82, 2.24) is 9.97 Å². The average molecular weight is 383 g/mol. The molecule has 6 heteroatoms. The van der Waals surface area contributed by atoms with Gasteiger partial charge in [-0.15, -0.1) is 0 Å². The predicted octanol–water partition coefficient (Wildman–Crippen LogP) is 5.24.